The zero-order chi connectivity index (χ0) is 16.9. The van der Waals surface area contributed by atoms with E-state index in [0.717, 1.165) is 0 Å². The molecule has 0 radical (unpaired) electrons. The number of benzene rings is 1. The number of hydrogen-bond acceptors (Lipinski definition) is 4. The van der Waals surface area contributed by atoms with Gasteiger partial charge in [0.25, 0.3) is 0 Å². The van der Waals surface area contributed by atoms with Crippen LogP contribution in [0.3, 0.4) is 0 Å². The fourth-order valence-corrected chi connectivity index (χ4v) is 2.65. The summed E-state index contributed by atoms with van der Waals surface area (Å²) in [5.41, 5.74) is -0.0703. The minimum atomic E-state index is -1.09. The van der Waals surface area contributed by atoms with Gasteiger partial charge in [-0.2, -0.15) is 0 Å². The van der Waals surface area contributed by atoms with Crippen molar-refractivity contribution >= 4 is 33.6 Å². The van der Waals surface area contributed by atoms with Gasteiger partial charge in [-0.05, 0) is 51.0 Å². The lowest BCUT2D eigenvalue weighted by atomic mass is 10.0. The molecule has 0 saturated carbocycles. The molecular formula is C15H21BrClNO4. The summed E-state index contributed by atoms with van der Waals surface area (Å²) in [4.78, 5) is 11.5. The fraction of sp³-hybridized carbons (Fsp3) is 0.533. The zero-order valence-electron chi connectivity index (χ0n) is 12.8. The maximum atomic E-state index is 11.5. The molecule has 5 nitrogen and oxygen atoms in total. The van der Waals surface area contributed by atoms with Gasteiger partial charge < -0.3 is 20.3 Å². The molecule has 1 rings (SSSR count). The van der Waals surface area contributed by atoms with Gasteiger partial charge >= 0.3 is 6.09 Å². The van der Waals surface area contributed by atoms with Gasteiger partial charge in [0.05, 0.1) is 6.10 Å². The van der Waals surface area contributed by atoms with E-state index in [9.17, 15) is 15.0 Å². The number of hydrogen-bond donors (Lipinski definition) is 3. The Morgan fingerprint density at radius 2 is 2.00 bits per heavy atom. The molecule has 1 aromatic rings. The van der Waals surface area contributed by atoms with Crippen molar-refractivity contribution in [1.29, 1.82) is 0 Å². The summed E-state index contributed by atoms with van der Waals surface area (Å²) in [5.74, 6) is 0. The van der Waals surface area contributed by atoms with Crippen LogP contribution in [0, 0.1) is 0 Å². The molecule has 0 heterocycles. The molecule has 0 saturated heterocycles. The molecule has 1 aromatic carbocycles. The fourth-order valence-electron chi connectivity index (χ4n) is 1.76. The van der Waals surface area contributed by atoms with E-state index in [1.165, 1.54) is 0 Å². The zero-order valence-corrected chi connectivity index (χ0v) is 15.1. The van der Waals surface area contributed by atoms with Crippen LogP contribution in [0.2, 0.25) is 5.02 Å². The minimum absolute atomic E-state index is 0.185. The van der Waals surface area contributed by atoms with Crippen LogP contribution in [-0.4, -0.2) is 34.6 Å². The Kier molecular flexibility index (Phi) is 7.12. The summed E-state index contributed by atoms with van der Waals surface area (Å²) >= 11 is 9.19. The van der Waals surface area contributed by atoms with Gasteiger partial charge in [-0.25, -0.2) is 4.79 Å². The predicted molar refractivity (Wildman–Crippen MR) is 89.0 cm³/mol. The smallest absolute Gasteiger partial charge is 0.407 e. The number of carbonyl (C=O) groups is 1. The summed E-state index contributed by atoms with van der Waals surface area (Å²) in [6.45, 7) is 5.49. The molecule has 0 fully saturated rings. The first kappa shape index (κ1) is 19.2. The molecule has 3 N–H and O–H groups in total. The largest absolute Gasteiger partial charge is 0.444 e. The summed E-state index contributed by atoms with van der Waals surface area (Å²) < 4.78 is 5.79. The van der Waals surface area contributed by atoms with Gasteiger partial charge in [0.2, 0.25) is 0 Å². The molecule has 2 unspecified atom stereocenters. The SMILES string of the molecule is CC(C)(C)OC(=O)NCCC(O)C(O)c1cc(Cl)cc(Br)c1. The number of aliphatic hydroxyl groups is 2. The molecular weight excluding hydrogens is 374 g/mol. The number of carbonyl (C=O) groups excluding carboxylic acids is 1. The highest BCUT2D eigenvalue weighted by Crippen LogP contribution is 2.26. The predicted octanol–water partition coefficient (Wildman–Crippen LogP) is 3.41. The van der Waals surface area contributed by atoms with Gasteiger partial charge in [0.15, 0.2) is 0 Å². The Hall–Kier alpha value is -0.820. The van der Waals surface area contributed by atoms with E-state index in [1.54, 1.807) is 39.0 Å². The summed E-state index contributed by atoms with van der Waals surface area (Å²) in [5, 5.41) is 23.1. The standard InChI is InChI=1S/C15H21BrClNO4/c1-15(2,3)22-14(21)18-5-4-12(19)13(20)9-6-10(16)8-11(17)7-9/h6-8,12-13,19-20H,4-5H2,1-3H3,(H,18,21). The van der Waals surface area contributed by atoms with Crippen molar-refractivity contribution in [3.63, 3.8) is 0 Å². The molecule has 0 aromatic heterocycles. The maximum Gasteiger partial charge on any atom is 0.407 e. The number of aliphatic hydroxyl groups excluding tert-OH is 2. The Morgan fingerprint density at radius 1 is 1.36 bits per heavy atom. The van der Waals surface area contributed by atoms with Crippen LogP contribution < -0.4 is 5.32 Å². The molecule has 0 aliphatic rings. The topological polar surface area (TPSA) is 78.8 Å². The number of nitrogens with one attached hydrogen (secondary N) is 1. The van der Waals surface area contributed by atoms with Crippen LogP contribution in [-0.2, 0) is 4.74 Å². The van der Waals surface area contributed by atoms with Crippen molar-refractivity contribution in [2.24, 2.45) is 0 Å². The van der Waals surface area contributed by atoms with E-state index < -0.39 is 23.9 Å². The highest BCUT2D eigenvalue weighted by molar-refractivity contribution is 9.10. The summed E-state index contributed by atoms with van der Waals surface area (Å²) in [6.07, 6.45) is -2.49. The van der Waals surface area contributed by atoms with Crippen LogP contribution in [0.25, 0.3) is 0 Å². The first-order valence-corrected chi connectivity index (χ1v) is 8.04. The molecule has 22 heavy (non-hydrogen) atoms. The highest BCUT2D eigenvalue weighted by atomic mass is 79.9. The third-order valence-corrected chi connectivity index (χ3v) is 3.38. The number of halogens is 2. The lowest BCUT2D eigenvalue weighted by Crippen LogP contribution is -2.34. The highest BCUT2D eigenvalue weighted by Gasteiger charge is 2.20. The lowest BCUT2D eigenvalue weighted by molar-refractivity contribution is 0.0123. The second-order valence-corrected chi connectivity index (χ2v) is 7.28. The number of amides is 1. The van der Waals surface area contributed by atoms with Crippen molar-refractivity contribution in [1.82, 2.24) is 5.32 Å². The number of ether oxygens (including phenoxy) is 1. The van der Waals surface area contributed by atoms with Gasteiger partial charge in [0, 0.05) is 16.0 Å². The van der Waals surface area contributed by atoms with E-state index in [1.807, 2.05) is 0 Å². The quantitative estimate of drug-likeness (QED) is 0.715. The first-order valence-electron chi connectivity index (χ1n) is 6.87. The molecule has 0 spiro atoms. The van der Waals surface area contributed by atoms with E-state index >= 15 is 0 Å². The van der Waals surface area contributed by atoms with Gasteiger partial charge in [-0.3, -0.25) is 0 Å². The number of alkyl carbamates (subject to hydrolysis) is 1. The Bertz CT molecular complexity index is 499. The third kappa shape index (κ3) is 6.96. The molecule has 0 aliphatic heterocycles. The first-order chi connectivity index (χ1) is 10.1. The van der Waals surface area contributed by atoms with Crippen LogP contribution in [0.15, 0.2) is 22.7 Å². The van der Waals surface area contributed by atoms with E-state index in [0.29, 0.717) is 15.1 Å². The van der Waals surface area contributed by atoms with Gasteiger partial charge in [0.1, 0.15) is 11.7 Å². The average molecular weight is 395 g/mol. The molecule has 0 bridgehead atoms. The Balaban J connectivity index is 2.48. The molecule has 124 valence electrons. The van der Waals surface area contributed by atoms with E-state index in [-0.39, 0.29) is 13.0 Å². The molecule has 7 heteroatoms. The summed E-state index contributed by atoms with van der Waals surface area (Å²) in [7, 11) is 0. The number of rotatable bonds is 5. The molecule has 1 amide bonds. The molecule has 2 atom stereocenters. The third-order valence-electron chi connectivity index (χ3n) is 2.70. The van der Waals surface area contributed by atoms with E-state index in [4.69, 9.17) is 16.3 Å². The van der Waals surface area contributed by atoms with Crippen molar-refractivity contribution < 1.29 is 19.7 Å². The Labute approximate surface area is 143 Å². The van der Waals surface area contributed by atoms with Crippen molar-refractivity contribution in [2.45, 2.75) is 45.0 Å². The van der Waals surface area contributed by atoms with Gasteiger partial charge in [-0.1, -0.05) is 27.5 Å². The van der Waals surface area contributed by atoms with Crippen LogP contribution in [0.5, 0.6) is 0 Å². The summed E-state index contributed by atoms with van der Waals surface area (Å²) in [6, 6.07) is 4.96. The lowest BCUT2D eigenvalue weighted by Gasteiger charge is -2.21. The molecule has 0 aliphatic carbocycles. The van der Waals surface area contributed by atoms with Gasteiger partial charge in [-0.15, -0.1) is 0 Å². The minimum Gasteiger partial charge on any atom is -0.444 e. The van der Waals surface area contributed by atoms with Crippen molar-refractivity contribution in [3.05, 3.63) is 33.3 Å². The second-order valence-electron chi connectivity index (χ2n) is 5.93. The van der Waals surface area contributed by atoms with Crippen molar-refractivity contribution in [2.75, 3.05) is 6.54 Å². The van der Waals surface area contributed by atoms with Crippen LogP contribution in [0.1, 0.15) is 38.9 Å². The van der Waals surface area contributed by atoms with Crippen LogP contribution in [0.4, 0.5) is 4.79 Å². The average Bonchev–Trinajstić information content (AvgIpc) is 2.34. The monoisotopic (exact) mass is 393 g/mol. The maximum absolute atomic E-state index is 11.5. The van der Waals surface area contributed by atoms with E-state index in [2.05, 4.69) is 21.2 Å². The van der Waals surface area contributed by atoms with Crippen LogP contribution >= 0.6 is 27.5 Å². The second kappa shape index (κ2) is 8.15. The Morgan fingerprint density at radius 3 is 2.55 bits per heavy atom. The van der Waals surface area contributed by atoms with Crippen molar-refractivity contribution in [3.8, 4) is 0 Å². The normalized spacial score (nSPS) is 14.3.